The highest BCUT2D eigenvalue weighted by atomic mass is 19.4. The van der Waals surface area contributed by atoms with Crippen molar-refractivity contribution in [3.63, 3.8) is 0 Å². The number of hydrogen-bond acceptors (Lipinski definition) is 3. The molecule has 2 atom stereocenters. The fourth-order valence-electron chi connectivity index (χ4n) is 1.25. The molecule has 0 spiro atoms. The van der Waals surface area contributed by atoms with E-state index >= 15 is 0 Å². The Morgan fingerprint density at radius 3 is 2.47 bits per heavy atom. The lowest BCUT2D eigenvalue weighted by atomic mass is 10.1. The van der Waals surface area contributed by atoms with Crippen LogP contribution in [-0.2, 0) is 0 Å². The number of aliphatic hydroxyl groups is 1. The summed E-state index contributed by atoms with van der Waals surface area (Å²) < 4.78 is 41.1. The summed E-state index contributed by atoms with van der Waals surface area (Å²) in [5.74, 6) is 0.255. The lowest BCUT2D eigenvalue weighted by Gasteiger charge is -2.18. The van der Waals surface area contributed by atoms with E-state index in [4.69, 9.17) is 15.6 Å². The second-order valence-electron chi connectivity index (χ2n) is 3.69. The summed E-state index contributed by atoms with van der Waals surface area (Å²) in [4.78, 5) is 0. The van der Waals surface area contributed by atoms with Gasteiger partial charge in [0.25, 0.3) is 0 Å². The average Bonchev–Trinajstić information content (AvgIpc) is 2.24. The minimum absolute atomic E-state index is 0.255. The molecule has 1 aromatic carbocycles. The second-order valence-corrected chi connectivity index (χ2v) is 3.69. The highest BCUT2D eigenvalue weighted by molar-refractivity contribution is 5.35. The average molecular weight is 249 g/mol. The highest BCUT2D eigenvalue weighted by Crippen LogP contribution is 2.25. The summed E-state index contributed by atoms with van der Waals surface area (Å²) >= 11 is 0. The van der Waals surface area contributed by atoms with Crippen LogP contribution in [0.25, 0.3) is 0 Å². The molecule has 1 aromatic rings. The zero-order chi connectivity index (χ0) is 13.1. The maximum absolute atomic E-state index is 12.1. The van der Waals surface area contributed by atoms with E-state index in [-0.39, 0.29) is 11.8 Å². The molecule has 0 radical (unpaired) electrons. The first kappa shape index (κ1) is 13.8. The third-order valence-electron chi connectivity index (χ3n) is 2.18. The van der Waals surface area contributed by atoms with Crippen molar-refractivity contribution >= 4 is 0 Å². The maximum atomic E-state index is 12.1. The number of aliphatic hydroxyl groups excluding tert-OH is 1. The fourth-order valence-corrected chi connectivity index (χ4v) is 1.25. The van der Waals surface area contributed by atoms with Crippen molar-refractivity contribution in [1.82, 2.24) is 0 Å². The molecule has 96 valence electrons. The third-order valence-corrected chi connectivity index (χ3v) is 2.18. The fraction of sp³-hybridized carbons (Fsp3) is 0.455. The standard InChI is InChI=1S/C11H14F3NO2/c1-7(15)8-4-2-3-5-9(8)17-6-10(16)11(12,13)14/h2-5,7,10,16H,6,15H2,1H3/t7-,10?/m1/s1. The Hall–Kier alpha value is -1.27. The van der Waals surface area contributed by atoms with Crippen LogP contribution in [0.4, 0.5) is 13.2 Å². The molecule has 0 bridgehead atoms. The number of benzene rings is 1. The third kappa shape index (κ3) is 3.90. The van der Waals surface area contributed by atoms with E-state index in [0.29, 0.717) is 5.56 Å². The molecule has 0 aromatic heterocycles. The van der Waals surface area contributed by atoms with Crippen LogP contribution >= 0.6 is 0 Å². The summed E-state index contributed by atoms with van der Waals surface area (Å²) in [5.41, 5.74) is 6.24. The smallest absolute Gasteiger partial charge is 0.417 e. The lowest BCUT2D eigenvalue weighted by Crippen LogP contribution is -2.34. The Bertz CT molecular complexity index is 366. The largest absolute Gasteiger partial charge is 0.490 e. The van der Waals surface area contributed by atoms with Gasteiger partial charge in [0.15, 0.2) is 6.10 Å². The summed E-state index contributed by atoms with van der Waals surface area (Å²) in [7, 11) is 0. The number of hydrogen-bond donors (Lipinski definition) is 2. The van der Waals surface area contributed by atoms with Gasteiger partial charge < -0.3 is 15.6 Å². The van der Waals surface area contributed by atoms with Crippen LogP contribution in [0, 0.1) is 0 Å². The molecule has 0 saturated carbocycles. The summed E-state index contributed by atoms with van der Waals surface area (Å²) in [6.07, 6.45) is -7.17. The summed E-state index contributed by atoms with van der Waals surface area (Å²) in [6, 6.07) is 6.17. The van der Waals surface area contributed by atoms with Crippen LogP contribution in [0.3, 0.4) is 0 Å². The Kier molecular flexibility index (Phi) is 4.36. The van der Waals surface area contributed by atoms with Crippen molar-refractivity contribution < 1.29 is 23.0 Å². The Morgan fingerprint density at radius 2 is 1.94 bits per heavy atom. The molecule has 3 nitrogen and oxygen atoms in total. The van der Waals surface area contributed by atoms with E-state index in [1.165, 1.54) is 6.07 Å². The van der Waals surface area contributed by atoms with Gasteiger partial charge in [-0.15, -0.1) is 0 Å². The number of nitrogens with two attached hydrogens (primary N) is 1. The molecule has 0 heterocycles. The van der Waals surface area contributed by atoms with Crippen LogP contribution < -0.4 is 10.5 Å². The SMILES string of the molecule is C[C@@H](N)c1ccccc1OCC(O)C(F)(F)F. The highest BCUT2D eigenvalue weighted by Gasteiger charge is 2.38. The lowest BCUT2D eigenvalue weighted by molar-refractivity contribution is -0.210. The molecule has 0 aliphatic heterocycles. The van der Waals surface area contributed by atoms with Crippen LogP contribution in [0.2, 0.25) is 0 Å². The molecule has 6 heteroatoms. The number of rotatable bonds is 4. The zero-order valence-corrected chi connectivity index (χ0v) is 9.24. The first-order chi connectivity index (χ1) is 7.82. The first-order valence-corrected chi connectivity index (χ1v) is 5.04. The predicted octanol–water partition coefficient (Wildman–Crippen LogP) is 2.01. The van der Waals surface area contributed by atoms with Gasteiger partial charge in [-0.05, 0) is 13.0 Å². The molecule has 0 aliphatic rings. The molecule has 0 amide bonds. The molecular formula is C11H14F3NO2. The topological polar surface area (TPSA) is 55.5 Å². The van der Waals surface area contributed by atoms with Crippen molar-refractivity contribution in [3.8, 4) is 5.75 Å². The van der Waals surface area contributed by atoms with E-state index in [1.807, 2.05) is 0 Å². The van der Waals surface area contributed by atoms with Crippen molar-refractivity contribution in [2.24, 2.45) is 5.73 Å². The summed E-state index contributed by atoms with van der Waals surface area (Å²) in [6.45, 7) is 0.857. The Morgan fingerprint density at radius 1 is 1.35 bits per heavy atom. The van der Waals surface area contributed by atoms with Crippen LogP contribution in [-0.4, -0.2) is 24.0 Å². The van der Waals surface area contributed by atoms with Gasteiger partial charge in [0, 0.05) is 11.6 Å². The molecule has 0 saturated heterocycles. The molecule has 1 unspecified atom stereocenters. The van der Waals surface area contributed by atoms with Crippen molar-refractivity contribution in [3.05, 3.63) is 29.8 Å². The normalized spacial score (nSPS) is 15.4. The Balaban J connectivity index is 2.70. The van der Waals surface area contributed by atoms with Crippen molar-refractivity contribution in [1.29, 1.82) is 0 Å². The number of alkyl halides is 3. The maximum Gasteiger partial charge on any atom is 0.417 e. The van der Waals surface area contributed by atoms with Gasteiger partial charge in [-0.2, -0.15) is 13.2 Å². The number of ether oxygens (including phenoxy) is 1. The minimum Gasteiger partial charge on any atom is -0.490 e. The van der Waals surface area contributed by atoms with Gasteiger partial charge in [0.05, 0.1) is 0 Å². The van der Waals surface area contributed by atoms with E-state index in [0.717, 1.165) is 0 Å². The number of para-hydroxylation sites is 1. The van der Waals surface area contributed by atoms with E-state index < -0.39 is 18.9 Å². The van der Waals surface area contributed by atoms with E-state index in [9.17, 15) is 13.2 Å². The quantitative estimate of drug-likeness (QED) is 0.858. The van der Waals surface area contributed by atoms with Gasteiger partial charge in [-0.25, -0.2) is 0 Å². The van der Waals surface area contributed by atoms with E-state index in [1.54, 1.807) is 25.1 Å². The van der Waals surface area contributed by atoms with E-state index in [2.05, 4.69) is 0 Å². The molecule has 1 rings (SSSR count). The van der Waals surface area contributed by atoms with Crippen LogP contribution in [0.1, 0.15) is 18.5 Å². The zero-order valence-electron chi connectivity index (χ0n) is 9.24. The number of halogens is 3. The first-order valence-electron chi connectivity index (χ1n) is 5.04. The van der Waals surface area contributed by atoms with Crippen LogP contribution in [0.15, 0.2) is 24.3 Å². The molecular weight excluding hydrogens is 235 g/mol. The molecule has 0 aliphatic carbocycles. The van der Waals surface area contributed by atoms with Gasteiger partial charge in [-0.1, -0.05) is 18.2 Å². The van der Waals surface area contributed by atoms with Gasteiger partial charge in [0.2, 0.25) is 0 Å². The second kappa shape index (κ2) is 5.37. The van der Waals surface area contributed by atoms with Gasteiger partial charge in [-0.3, -0.25) is 0 Å². The molecule has 3 N–H and O–H groups in total. The minimum atomic E-state index is -4.68. The molecule has 0 fully saturated rings. The monoisotopic (exact) mass is 249 g/mol. The van der Waals surface area contributed by atoms with Crippen molar-refractivity contribution in [2.75, 3.05) is 6.61 Å². The van der Waals surface area contributed by atoms with Gasteiger partial charge >= 0.3 is 6.18 Å². The van der Waals surface area contributed by atoms with Gasteiger partial charge in [0.1, 0.15) is 12.4 Å². The summed E-state index contributed by atoms with van der Waals surface area (Å²) in [5, 5.41) is 8.80. The molecule has 17 heavy (non-hydrogen) atoms. The predicted molar refractivity (Wildman–Crippen MR) is 56.6 cm³/mol. The van der Waals surface area contributed by atoms with Crippen molar-refractivity contribution in [2.45, 2.75) is 25.2 Å². The Labute approximate surface area is 97.0 Å². The van der Waals surface area contributed by atoms with Crippen LogP contribution in [0.5, 0.6) is 5.75 Å².